The number of carbonyl (C=O) groups is 1. The van der Waals surface area contributed by atoms with Crippen molar-refractivity contribution in [2.45, 2.75) is 12.5 Å². The van der Waals surface area contributed by atoms with E-state index >= 15 is 0 Å². The third-order valence-electron chi connectivity index (χ3n) is 3.05. The predicted molar refractivity (Wildman–Crippen MR) is 74.8 cm³/mol. The molecule has 2 N–H and O–H groups in total. The van der Waals surface area contributed by atoms with Crippen LogP contribution < -0.4 is 5.32 Å². The van der Waals surface area contributed by atoms with Crippen LogP contribution in [0.2, 0.25) is 0 Å². The van der Waals surface area contributed by atoms with Crippen molar-refractivity contribution >= 4 is 5.91 Å². The van der Waals surface area contributed by atoms with Gasteiger partial charge < -0.3 is 10.4 Å². The number of rotatable bonds is 5. The highest BCUT2D eigenvalue weighted by atomic mass is 19.1. The second kappa shape index (κ2) is 7.09. The van der Waals surface area contributed by atoms with E-state index in [4.69, 9.17) is 0 Å². The predicted octanol–water partition coefficient (Wildman–Crippen LogP) is 2.44. The summed E-state index contributed by atoms with van der Waals surface area (Å²) in [7, 11) is 0. The van der Waals surface area contributed by atoms with Gasteiger partial charge in [0.1, 0.15) is 23.0 Å². The van der Waals surface area contributed by atoms with E-state index in [1.807, 2.05) is 30.3 Å². The summed E-state index contributed by atoms with van der Waals surface area (Å²) in [5.41, 5.74) is -0.00305. The molecule has 1 atom stereocenters. The highest BCUT2D eigenvalue weighted by Crippen LogP contribution is 2.14. The monoisotopic (exact) mass is 309 g/mol. The van der Waals surface area contributed by atoms with Gasteiger partial charge in [-0.05, 0) is 5.56 Å². The van der Waals surface area contributed by atoms with Gasteiger partial charge in [0.15, 0.2) is 0 Å². The Morgan fingerprint density at radius 3 is 2.27 bits per heavy atom. The van der Waals surface area contributed by atoms with Crippen molar-refractivity contribution in [3.8, 4) is 0 Å². The third kappa shape index (κ3) is 4.08. The molecule has 0 aromatic heterocycles. The minimum absolute atomic E-state index is 0.177. The van der Waals surface area contributed by atoms with E-state index in [1.54, 1.807) is 0 Å². The summed E-state index contributed by atoms with van der Waals surface area (Å²) < 4.78 is 39.6. The maximum Gasteiger partial charge on any atom is 0.257 e. The highest BCUT2D eigenvalue weighted by molar-refractivity contribution is 5.94. The van der Waals surface area contributed by atoms with E-state index in [2.05, 4.69) is 5.32 Å². The molecule has 0 aliphatic rings. The van der Waals surface area contributed by atoms with Gasteiger partial charge in [-0.1, -0.05) is 30.3 Å². The molecule has 1 unspecified atom stereocenters. The van der Waals surface area contributed by atoms with E-state index in [1.165, 1.54) is 0 Å². The molecule has 2 aromatic rings. The van der Waals surface area contributed by atoms with Gasteiger partial charge in [-0.2, -0.15) is 0 Å². The second-order valence-corrected chi connectivity index (χ2v) is 4.80. The first-order valence-corrected chi connectivity index (χ1v) is 6.62. The molecule has 1 amide bonds. The van der Waals surface area contributed by atoms with Crippen LogP contribution in [0.4, 0.5) is 13.2 Å². The number of benzene rings is 2. The van der Waals surface area contributed by atoms with Gasteiger partial charge in [-0.3, -0.25) is 4.79 Å². The fourth-order valence-corrected chi connectivity index (χ4v) is 2.02. The first-order valence-electron chi connectivity index (χ1n) is 6.62. The fourth-order valence-electron chi connectivity index (χ4n) is 2.02. The van der Waals surface area contributed by atoms with Crippen molar-refractivity contribution in [2.75, 3.05) is 6.54 Å². The SMILES string of the molecule is O=C(NCC(O)Cc1ccccc1)c1c(F)cc(F)cc1F. The van der Waals surface area contributed by atoms with Crippen LogP contribution >= 0.6 is 0 Å². The summed E-state index contributed by atoms with van der Waals surface area (Å²) in [6, 6.07) is 9.93. The number of halogens is 3. The lowest BCUT2D eigenvalue weighted by Crippen LogP contribution is -2.34. The molecular weight excluding hydrogens is 295 g/mol. The maximum atomic E-state index is 13.4. The van der Waals surface area contributed by atoms with Crippen LogP contribution in [0.1, 0.15) is 15.9 Å². The van der Waals surface area contributed by atoms with Gasteiger partial charge in [0.25, 0.3) is 5.91 Å². The van der Waals surface area contributed by atoms with E-state index in [0.29, 0.717) is 12.1 Å². The average molecular weight is 309 g/mol. The van der Waals surface area contributed by atoms with Gasteiger partial charge in [0, 0.05) is 25.1 Å². The minimum Gasteiger partial charge on any atom is -0.391 e. The Hall–Kier alpha value is -2.34. The van der Waals surface area contributed by atoms with Gasteiger partial charge in [-0.15, -0.1) is 0 Å². The summed E-state index contributed by atoms with van der Waals surface area (Å²) in [5.74, 6) is -4.71. The van der Waals surface area contributed by atoms with E-state index in [9.17, 15) is 23.1 Å². The summed E-state index contributed by atoms with van der Waals surface area (Å²) in [5, 5.41) is 12.0. The standard InChI is InChI=1S/C16H14F3NO2/c17-11-7-13(18)15(14(19)8-11)16(22)20-9-12(21)6-10-4-2-1-3-5-10/h1-5,7-8,12,21H,6,9H2,(H,20,22). The Morgan fingerprint density at radius 1 is 1.09 bits per heavy atom. The molecule has 2 rings (SSSR count). The molecule has 0 saturated carbocycles. The van der Waals surface area contributed by atoms with Crippen LogP contribution in [0, 0.1) is 17.5 Å². The number of hydrogen-bond donors (Lipinski definition) is 2. The van der Waals surface area contributed by atoms with Crippen molar-refractivity contribution in [3.05, 3.63) is 71.0 Å². The molecule has 3 nitrogen and oxygen atoms in total. The smallest absolute Gasteiger partial charge is 0.257 e. The van der Waals surface area contributed by atoms with Gasteiger partial charge in [0.05, 0.1) is 6.10 Å². The van der Waals surface area contributed by atoms with Crippen LogP contribution in [0.3, 0.4) is 0 Å². The molecule has 0 spiro atoms. The molecule has 22 heavy (non-hydrogen) atoms. The first-order chi connectivity index (χ1) is 10.5. The lowest BCUT2D eigenvalue weighted by atomic mass is 10.1. The summed E-state index contributed by atoms with van der Waals surface area (Å²) in [6.07, 6.45) is -0.617. The number of nitrogens with one attached hydrogen (secondary N) is 1. The van der Waals surface area contributed by atoms with Crippen LogP contribution in [0.25, 0.3) is 0 Å². The van der Waals surface area contributed by atoms with E-state index in [0.717, 1.165) is 5.56 Å². The first kappa shape index (κ1) is 16.0. The van der Waals surface area contributed by atoms with Crippen LogP contribution in [0.5, 0.6) is 0 Å². The zero-order valence-electron chi connectivity index (χ0n) is 11.5. The number of carbonyl (C=O) groups excluding carboxylic acids is 1. The lowest BCUT2D eigenvalue weighted by Gasteiger charge is -2.12. The largest absolute Gasteiger partial charge is 0.391 e. The molecule has 0 saturated heterocycles. The fraction of sp³-hybridized carbons (Fsp3) is 0.188. The molecule has 0 aliphatic carbocycles. The normalized spacial score (nSPS) is 12.0. The molecule has 0 aliphatic heterocycles. The molecule has 0 radical (unpaired) electrons. The summed E-state index contributed by atoms with van der Waals surface area (Å²) in [4.78, 5) is 11.7. The molecule has 0 bridgehead atoms. The summed E-state index contributed by atoms with van der Waals surface area (Å²) in [6.45, 7) is -0.177. The number of amides is 1. The second-order valence-electron chi connectivity index (χ2n) is 4.80. The average Bonchev–Trinajstić information content (AvgIpc) is 2.45. The highest BCUT2D eigenvalue weighted by Gasteiger charge is 2.19. The Morgan fingerprint density at radius 2 is 1.68 bits per heavy atom. The van der Waals surface area contributed by atoms with Crippen molar-refractivity contribution in [2.24, 2.45) is 0 Å². The van der Waals surface area contributed by atoms with Gasteiger partial charge >= 0.3 is 0 Å². The molecule has 6 heteroatoms. The minimum atomic E-state index is -1.28. The van der Waals surface area contributed by atoms with Crippen molar-refractivity contribution in [1.29, 1.82) is 0 Å². The van der Waals surface area contributed by atoms with Crippen molar-refractivity contribution in [1.82, 2.24) is 5.32 Å². The zero-order chi connectivity index (χ0) is 16.1. The number of aliphatic hydroxyl groups excluding tert-OH is 1. The van der Waals surface area contributed by atoms with Crippen molar-refractivity contribution < 1.29 is 23.1 Å². The Kier molecular flexibility index (Phi) is 5.16. The van der Waals surface area contributed by atoms with Crippen LogP contribution in [-0.2, 0) is 6.42 Å². The maximum absolute atomic E-state index is 13.4. The van der Waals surface area contributed by atoms with Gasteiger partial charge in [-0.25, -0.2) is 13.2 Å². The van der Waals surface area contributed by atoms with E-state index in [-0.39, 0.29) is 13.0 Å². The van der Waals surface area contributed by atoms with E-state index < -0.39 is 35.0 Å². The summed E-state index contributed by atoms with van der Waals surface area (Å²) >= 11 is 0. The van der Waals surface area contributed by atoms with Gasteiger partial charge in [0.2, 0.25) is 0 Å². The lowest BCUT2D eigenvalue weighted by molar-refractivity contribution is 0.0907. The molecule has 2 aromatic carbocycles. The van der Waals surface area contributed by atoms with Crippen molar-refractivity contribution in [3.63, 3.8) is 0 Å². The number of aliphatic hydroxyl groups is 1. The Labute approximate surface area is 125 Å². The topological polar surface area (TPSA) is 49.3 Å². The Balaban J connectivity index is 1.95. The molecular formula is C16H14F3NO2. The molecule has 0 heterocycles. The third-order valence-corrected chi connectivity index (χ3v) is 3.05. The molecule has 116 valence electrons. The van der Waals surface area contributed by atoms with Crippen LogP contribution in [-0.4, -0.2) is 23.7 Å². The zero-order valence-corrected chi connectivity index (χ0v) is 11.5. The quantitative estimate of drug-likeness (QED) is 0.891. The molecule has 0 fully saturated rings. The van der Waals surface area contributed by atoms with Crippen LogP contribution in [0.15, 0.2) is 42.5 Å². The number of hydrogen-bond acceptors (Lipinski definition) is 2. The Bertz CT molecular complexity index is 639.